The third-order valence-corrected chi connectivity index (χ3v) is 6.41. The van der Waals surface area contributed by atoms with Crippen molar-refractivity contribution in [3.63, 3.8) is 0 Å². The molecule has 7 nitrogen and oxygen atoms in total. The maximum atomic E-state index is 13.0. The Hall–Kier alpha value is -3.19. The van der Waals surface area contributed by atoms with Crippen molar-refractivity contribution >= 4 is 17.8 Å². The molecule has 168 valence electrons. The zero-order valence-electron chi connectivity index (χ0n) is 18.6. The lowest BCUT2D eigenvalue weighted by Gasteiger charge is -2.32. The smallest absolute Gasteiger partial charge is 0.325 e. The molecular weight excluding hydrogens is 404 g/mol. The van der Waals surface area contributed by atoms with Gasteiger partial charge in [0.25, 0.3) is 5.91 Å². The third-order valence-electron chi connectivity index (χ3n) is 6.41. The summed E-state index contributed by atoms with van der Waals surface area (Å²) >= 11 is 0. The second-order valence-electron chi connectivity index (χ2n) is 8.92. The number of likely N-dealkylation sites (tertiary alicyclic amines) is 1. The number of carbonyl (C=O) groups excluding carboxylic acids is 3. The number of benzene rings is 2. The van der Waals surface area contributed by atoms with E-state index in [4.69, 9.17) is 0 Å². The summed E-state index contributed by atoms with van der Waals surface area (Å²) in [4.78, 5) is 41.5. The maximum absolute atomic E-state index is 13.0. The largest absolute Gasteiger partial charge is 0.352 e. The topological polar surface area (TPSA) is 81.8 Å². The van der Waals surface area contributed by atoms with Gasteiger partial charge in [0.2, 0.25) is 5.91 Å². The van der Waals surface area contributed by atoms with Crippen LogP contribution in [-0.2, 0) is 21.7 Å². The highest BCUT2D eigenvalue weighted by atomic mass is 16.2. The van der Waals surface area contributed by atoms with Crippen LogP contribution in [0.25, 0.3) is 0 Å². The first-order chi connectivity index (χ1) is 15.3. The molecule has 0 aliphatic carbocycles. The Labute approximate surface area is 188 Å². The van der Waals surface area contributed by atoms with Crippen LogP contribution >= 0.6 is 0 Å². The first-order valence-corrected chi connectivity index (χ1v) is 11.1. The van der Waals surface area contributed by atoms with Gasteiger partial charge in [0.15, 0.2) is 0 Å². The minimum atomic E-state index is -1.16. The Morgan fingerprint density at radius 3 is 2.38 bits per heavy atom. The van der Waals surface area contributed by atoms with Crippen molar-refractivity contribution in [3.05, 3.63) is 71.3 Å². The van der Waals surface area contributed by atoms with Gasteiger partial charge in [-0.1, -0.05) is 60.2 Å². The van der Waals surface area contributed by atoms with Crippen LogP contribution in [0.1, 0.15) is 36.5 Å². The fraction of sp³-hybridized carbons (Fsp3) is 0.400. The van der Waals surface area contributed by atoms with Gasteiger partial charge < -0.3 is 10.6 Å². The molecular formula is C25H30N4O3. The number of nitrogens with one attached hydrogen (secondary N) is 2. The Morgan fingerprint density at radius 2 is 1.72 bits per heavy atom. The Bertz CT molecular complexity index is 984. The van der Waals surface area contributed by atoms with Gasteiger partial charge in [0.1, 0.15) is 12.1 Å². The average molecular weight is 435 g/mol. The Morgan fingerprint density at radius 1 is 1.06 bits per heavy atom. The number of hydrogen-bond donors (Lipinski definition) is 2. The van der Waals surface area contributed by atoms with E-state index >= 15 is 0 Å². The van der Waals surface area contributed by atoms with E-state index in [9.17, 15) is 14.4 Å². The number of nitrogens with zero attached hydrogens (tertiary/aromatic N) is 2. The molecule has 2 fully saturated rings. The van der Waals surface area contributed by atoms with Crippen molar-refractivity contribution in [3.8, 4) is 0 Å². The molecule has 2 saturated heterocycles. The van der Waals surface area contributed by atoms with E-state index in [1.54, 1.807) is 6.92 Å². The molecule has 1 unspecified atom stereocenters. The second-order valence-corrected chi connectivity index (χ2v) is 8.92. The summed E-state index contributed by atoms with van der Waals surface area (Å²) in [6, 6.07) is 17.3. The van der Waals surface area contributed by atoms with E-state index in [-0.39, 0.29) is 18.5 Å². The lowest BCUT2D eigenvalue weighted by molar-refractivity contribution is -0.135. The van der Waals surface area contributed by atoms with Gasteiger partial charge in [0.05, 0.1) is 0 Å². The van der Waals surface area contributed by atoms with Crippen LogP contribution in [0.3, 0.4) is 0 Å². The minimum Gasteiger partial charge on any atom is -0.352 e. The number of aryl methyl sites for hydroxylation is 1. The van der Waals surface area contributed by atoms with Crippen LogP contribution in [0.4, 0.5) is 4.79 Å². The van der Waals surface area contributed by atoms with Crippen molar-refractivity contribution in [1.29, 1.82) is 0 Å². The highest BCUT2D eigenvalue weighted by Gasteiger charge is 2.49. The molecule has 7 heteroatoms. The van der Waals surface area contributed by atoms with Crippen molar-refractivity contribution in [1.82, 2.24) is 20.4 Å². The summed E-state index contributed by atoms with van der Waals surface area (Å²) in [6.07, 6.45) is 1.69. The van der Waals surface area contributed by atoms with E-state index in [2.05, 4.69) is 27.7 Å². The van der Waals surface area contributed by atoms with E-state index in [0.29, 0.717) is 5.56 Å². The molecule has 4 rings (SSSR count). The number of amides is 4. The summed E-state index contributed by atoms with van der Waals surface area (Å²) in [5.74, 6) is -0.706. The molecule has 2 aliphatic heterocycles. The summed E-state index contributed by atoms with van der Waals surface area (Å²) in [5, 5.41) is 5.76. The average Bonchev–Trinajstić information content (AvgIpc) is 3.00. The quantitative estimate of drug-likeness (QED) is 0.685. The van der Waals surface area contributed by atoms with Gasteiger partial charge in [-0.2, -0.15) is 0 Å². The Kier molecular flexibility index (Phi) is 6.28. The van der Waals surface area contributed by atoms with Gasteiger partial charge in [0, 0.05) is 25.7 Å². The molecule has 0 radical (unpaired) electrons. The van der Waals surface area contributed by atoms with Gasteiger partial charge in [-0.25, -0.2) is 4.79 Å². The van der Waals surface area contributed by atoms with Crippen LogP contribution in [0.2, 0.25) is 0 Å². The van der Waals surface area contributed by atoms with Gasteiger partial charge in [-0.05, 0) is 37.8 Å². The van der Waals surface area contributed by atoms with Gasteiger partial charge in [-0.3, -0.25) is 19.4 Å². The van der Waals surface area contributed by atoms with Crippen molar-refractivity contribution in [2.45, 2.75) is 44.8 Å². The van der Waals surface area contributed by atoms with Crippen molar-refractivity contribution < 1.29 is 14.4 Å². The summed E-state index contributed by atoms with van der Waals surface area (Å²) in [6.45, 7) is 6.07. The van der Waals surface area contributed by atoms with E-state index in [0.717, 1.165) is 42.9 Å². The van der Waals surface area contributed by atoms with E-state index in [1.807, 2.05) is 49.4 Å². The Balaban J connectivity index is 1.29. The predicted octanol–water partition coefficient (Wildman–Crippen LogP) is 2.54. The zero-order chi connectivity index (χ0) is 22.7. The van der Waals surface area contributed by atoms with Gasteiger partial charge in [-0.15, -0.1) is 0 Å². The van der Waals surface area contributed by atoms with Crippen LogP contribution in [0.15, 0.2) is 54.6 Å². The molecule has 2 N–H and O–H groups in total. The van der Waals surface area contributed by atoms with E-state index < -0.39 is 17.5 Å². The lowest BCUT2D eigenvalue weighted by atomic mass is 9.91. The first kappa shape index (κ1) is 22.0. The molecule has 2 heterocycles. The fourth-order valence-corrected chi connectivity index (χ4v) is 4.42. The minimum absolute atomic E-state index is 0.0544. The number of rotatable bonds is 6. The van der Waals surface area contributed by atoms with Crippen LogP contribution in [0, 0.1) is 6.92 Å². The fourth-order valence-electron chi connectivity index (χ4n) is 4.42. The summed E-state index contributed by atoms with van der Waals surface area (Å²) < 4.78 is 0. The molecule has 0 aromatic heterocycles. The van der Waals surface area contributed by atoms with E-state index in [1.165, 1.54) is 5.56 Å². The molecule has 0 bridgehead atoms. The predicted molar refractivity (Wildman–Crippen MR) is 122 cm³/mol. The molecule has 2 aromatic rings. The third kappa shape index (κ3) is 4.67. The van der Waals surface area contributed by atoms with Crippen LogP contribution in [-0.4, -0.2) is 53.3 Å². The maximum Gasteiger partial charge on any atom is 0.325 e. The van der Waals surface area contributed by atoms with Crippen LogP contribution in [0.5, 0.6) is 0 Å². The summed E-state index contributed by atoms with van der Waals surface area (Å²) in [5.41, 5.74) is 1.90. The standard InChI is InChI=1S/C25H30N4O3/c1-18-8-10-20(11-9-18)25(2)23(31)29(24(32)27-25)17-22(30)26-21-12-14-28(15-13-21)16-19-6-4-3-5-7-19/h3-11,21H,12-17H2,1-2H3,(H,26,30)(H,27,32). The van der Waals surface area contributed by atoms with Crippen LogP contribution < -0.4 is 10.6 Å². The second kappa shape index (κ2) is 9.12. The number of imide groups is 1. The first-order valence-electron chi connectivity index (χ1n) is 11.1. The zero-order valence-corrected chi connectivity index (χ0v) is 18.6. The number of piperidine rings is 1. The lowest BCUT2D eigenvalue weighted by Crippen LogP contribution is -2.48. The van der Waals surface area contributed by atoms with Crippen molar-refractivity contribution in [2.24, 2.45) is 0 Å². The highest BCUT2D eigenvalue weighted by molar-refractivity contribution is 6.09. The number of hydrogen-bond acceptors (Lipinski definition) is 4. The SMILES string of the molecule is Cc1ccc(C2(C)NC(=O)N(CC(=O)NC3CCN(Cc4ccccc4)CC3)C2=O)cc1. The molecule has 0 spiro atoms. The normalized spacial score (nSPS) is 22.1. The molecule has 32 heavy (non-hydrogen) atoms. The highest BCUT2D eigenvalue weighted by Crippen LogP contribution is 2.29. The molecule has 2 aromatic carbocycles. The van der Waals surface area contributed by atoms with Crippen molar-refractivity contribution in [2.75, 3.05) is 19.6 Å². The number of urea groups is 1. The summed E-state index contributed by atoms with van der Waals surface area (Å²) in [7, 11) is 0. The molecule has 0 saturated carbocycles. The molecule has 1 atom stereocenters. The molecule has 4 amide bonds. The van der Waals surface area contributed by atoms with Gasteiger partial charge >= 0.3 is 6.03 Å². The number of carbonyl (C=O) groups is 3. The molecule has 2 aliphatic rings. The monoisotopic (exact) mass is 434 g/mol.